The molecule has 4 rings (SSSR count). The van der Waals surface area contributed by atoms with Crippen LogP contribution in [0.15, 0.2) is 4.79 Å². The largest absolute Gasteiger partial charge is 0.371 e. The number of hydrogen-bond donors (Lipinski definition) is 0. The van der Waals surface area contributed by atoms with Crippen LogP contribution in [0.1, 0.15) is 18.9 Å². The number of halogens is 3. The topological polar surface area (TPSA) is 44.6 Å². The first-order valence-corrected chi connectivity index (χ1v) is 10.3. The third-order valence-corrected chi connectivity index (χ3v) is 7.09. The highest BCUT2D eigenvalue weighted by Crippen LogP contribution is 2.44. The Labute approximate surface area is 176 Å². The fourth-order valence-corrected chi connectivity index (χ4v) is 5.49. The molecule has 2 unspecified atom stereocenters. The quantitative estimate of drug-likeness (QED) is 0.515. The van der Waals surface area contributed by atoms with Crippen molar-refractivity contribution in [3.05, 3.63) is 26.9 Å². The Morgan fingerprint density at radius 2 is 2.00 bits per heavy atom. The Morgan fingerprint density at radius 3 is 2.70 bits per heavy atom. The summed E-state index contributed by atoms with van der Waals surface area (Å²) in [6.45, 7) is 6.24. The maximum atomic E-state index is 15.3. The first-order valence-electron chi connectivity index (χ1n) is 9.00. The van der Waals surface area contributed by atoms with E-state index in [0.717, 1.165) is 19.5 Å². The minimum atomic E-state index is -0.384. The maximum absolute atomic E-state index is 15.3. The molecule has 1 aromatic carbocycles. The van der Waals surface area contributed by atoms with Gasteiger partial charge in [-0.3, -0.25) is 0 Å². The van der Waals surface area contributed by atoms with Gasteiger partial charge in [0, 0.05) is 44.3 Å². The van der Waals surface area contributed by atoms with Crippen LogP contribution in [0.25, 0.3) is 10.9 Å². The van der Waals surface area contributed by atoms with Crippen molar-refractivity contribution in [2.45, 2.75) is 32.4 Å². The molecule has 0 N–H and O–H groups in total. The molecule has 0 aliphatic carbocycles. The van der Waals surface area contributed by atoms with Gasteiger partial charge < -0.3 is 14.7 Å². The molecule has 1 aromatic heterocycles. The van der Waals surface area contributed by atoms with Gasteiger partial charge >= 0.3 is 5.69 Å². The molecule has 0 bridgehead atoms. The second-order valence-corrected chi connectivity index (χ2v) is 9.01. The van der Waals surface area contributed by atoms with E-state index in [2.05, 4.69) is 28.8 Å². The number of piperazine rings is 1. The zero-order valence-corrected chi connectivity index (χ0v) is 18.7. The fourth-order valence-electron chi connectivity index (χ4n) is 4.50. The molecule has 146 valence electrons. The van der Waals surface area contributed by atoms with Gasteiger partial charge in [-0.25, -0.2) is 12.0 Å². The predicted octanol–water partition coefficient (Wildman–Crippen LogP) is 3.04. The predicted molar refractivity (Wildman–Crippen MR) is 116 cm³/mol. The van der Waals surface area contributed by atoms with Crippen molar-refractivity contribution >= 4 is 56.9 Å². The third kappa shape index (κ3) is 2.82. The highest BCUT2D eigenvalue weighted by Gasteiger charge is 2.37. The Bertz CT molecular complexity index is 996. The monoisotopic (exact) mass is 505 g/mol. The maximum Gasteiger partial charge on any atom is 0.359 e. The molecule has 3 heterocycles. The Morgan fingerprint density at radius 1 is 1.30 bits per heavy atom. The van der Waals surface area contributed by atoms with Gasteiger partial charge in [-0.15, -0.1) is 0 Å². The zero-order valence-electron chi connectivity index (χ0n) is 15.8. The van der Waals surface area contributed by atoms with Crippen molar-refractivity contribution in [2.75, 3.05) is 43.5 Å². The van der Waals surface area contributed by atoms with E-state index < -0.39 is 0 Å². The second-order valence-electron chi connectivity index (χ2n) is 7.67. The van der Waals surface area contributed by atoms with E-state index in [-0.39, 0.29) is 28.6 Å². The van der Waals surface area contributed by atoms with E-state index in [4.69, 9.17) is 11.6 Å². The van der Waals surface area contributed by atoms with Crippen LogP contribution in [-0.2, 0) is 0 Å². The summed E-state index contributed by atoms with van der Waals surface area (Å²) in [5.41, 5.74) is 0.991. The summed E-state index contributed by atoms with van der Waals surface area (Å²) >= 11 is 8.44. The summed E-state index contributed by atoms with van der Waals surface area (Å²) in [6, 6.07) is 0.367. The highest BCUT2D eigenvalue weighted by atomic mass is 127. The number of nitrogens with zero attached hydrogens (tertiary/aromatic N) is 5. The van der Waals surface area contributed by atoms with Crippen LogP contribution < -0.4 is 15.5 Å². The summed E-state index contributed by atoms with van der Waals surface area (Å²) in [7, 11) is 4.00. The first kappa shape index (κ1) is 19.2. The smallest absolute Gasteiger partial charge is 0.359 e. The Kier molecular flexibility index (Phi) is 4.79. The van der Waals surface area contributed by atoms with E-state index in [1.807, 2.05) is 34.8 Å². The van der Waals surface area contributed by atoms with E-state index in [1.54, 1.807) is 6.92 Å². The summed E-state index contributed by atoms with van der Waals surface area (Å²) < 4.78 is 16.7. The number of aromatic nitrogens is 2. The SMILES string of the molecule is Cc1c(F)c2c3c(nc(=O)n(I)c3c1Cl)N1C(C)CN(C)CC1CCN2C. The molecule has 1 saturated heterocycles. The molecule has 0 spiro atoms. The average molecular weight is 506 g/mol. The molecule has 9 heteroatoms. The summed E-state index contributed by atoms with van der Waals surface area (Å²) in [5, 5.41) is 0.898. The van der Waals surface area contributed by atoms with Crippen molar-refractivity contribution in [1.29, 1.82) is 0 Å². The number of hydrogen-bond acceptors (Lipinski definition) is 5. The first-order chi connectivity index (χ1) is 12.7. The lowest BCUT2D eigenvalue weighted by Crippen LogP contribution is -2.58. The highest BCUT2D eigenvalue weighted by molar-refractivity contribution is 14.1. The van der Waals surface area contributed by atoms with Crippen LogP contribution in [0, 0.1) is 12.7 Å². The molecule has 27 heavy (non-hydrogen) atoms. The number of anilines is 2. The normalized spacial score (nSPS) is 23.4. The van der Waals surface area contributed by atoms with Gasteiger partial charge in [0.25, 0.3) is 0 Å². The lowest BCUT2D eigenvalue weighted by molar-refractivity contribution is 0.226. The van der Waals surface area contributed by atoms with Crippen LogP contribution in [-0.4, -0.2) is 58.5 Å². The minimum Gasteiger partial charge on any atom is -0.371 e. The van der Waals surface area contributed by atoms with Gasteiger partial charge in [0.2, 0.25) is 0 Å². The van der Waals surface area contributed by atoms with Crippen LogP contribution in [0.5, 0.6) is 0 Å². The van der Waals surface area contributed by atoms with E-state index in [9.17, 15) is 4.79 Å². The van der Waals surface area contributed by atoms with Gasteiger partial charge in [0.1, 0.15) is 5.82 Å². The summed E-state index contributed by atoms with van der Waals surface area (Å²) in [6.07, 6.45) is 0.863. The van der Waals surface area contributed by atoms with E-state index in [1.165, 1.54) is 2.78 Å². The lowest BCUT2D eigenvalue weighted by atomic mass is 9.99. The van der Waals surface area contributed by atoms with Crippen molar-refractivity contribution in [1.82, 2.24) is 12.7 Å². The molecule has 2 atom stereocenters. The van der Waals surface area contributed by atoms with Gasteiger partial charge in [0.05, 0.1) is 44.5 Å². The van der Waals surface area contributed by atoms with Crippen molar-refractivity contribution in [3.63, 3.8) is 0 Å². The molecule has 0 saturated carbocycles. The Balaban J connectivity index is 2.16. The molecule has 1 fully saturated rings. The molecule has 6 nitrogen and oxygen atoms in total. The van der Waals surface area contributed by atoms with Crippen LogP contribution in [0.4, 0.5) is 15.9 Å². The minimum absolute atomic E-state index is 0.160. The van der Waals surface area contributed by atoms with Gasteiger partial charge in [-0.2, -0.15) is 4.98 Å². The third-order valence-electron chi connectivity index (χ3n) is 5.73. The summed E-state index contributed by atoms with van der Waals surface area (Å²) in [5.74, 6) is 0.212. The molecule has 0 radical (unpaired) electrons. The second kappa shape index (κ2) is 6.73. The van der Waals surface area contributed by atoms with Crippen molar-refractivity contribution < 1.29 is 4.39 Å². The molecular formula is C18H22ClFIN5O. The van der Waals surface area contributed by atoms with Gasteiger partial charge in [0.15, 0.2) is 5.82 Å². The van der Waals surface area contributed by atoms with Gasteiger partial charge in [-0.1, -0.05) is 11.6 Å². The molecule has 2 aromatic rings. The van der Waals surface area contributed by atoms with Gasteiger partial charge in [-0.05, 0) is 27.3 Å². The zero-order chi connectivity index (χ0) is 19.6. The number of benzene rings is 1. The molecule has 2 aliphatic rings. The van der Waals surface area contributed by atoms with E-state index >= 15 is 4.39 Å². The van der Waals surface area contributed by atoms with Crippen LogP contribution in [0.2, 0.25) is 5.02 Å². The number of rotatable bonds is 0. The number of likely N-dealkylation sites (N-methyl/N-ethyl adjacent to an activating group) is 1. The standard InChI is InChI=1S/C18H22ClFIN5O/c1-9-7-23(3)8-11-5-6-24(4)16-12-15(13(19)10(2)14(16)20)26(21)18(27)22-17(12)25(9)11/h9,11H,5-8H2,1-4H3. The van der Waals surface area contributed by atoms with Crippen LogP contribution >= 0.6 is 34.5 Å². The molecule has 2 aliphatic heterocycles. The van der Waals surface area contributed by atoms with E-state index in [0.29, 0.717) is 34.5 Å². The van der Waals surface area contributed by atoms with Crippen molar-refractivity contribution in [3.8, 4) is 0 Å². The number of fused-ring (bicyclic) bond motifs is 2. The average Bonchev–Trinajstić information content (AvgIpc) is 2.59. The lowest BCUT2D eigenvalue weighted by Gasteiger charge is -2.47. The van der Waals surface area contributed by atoms with Crippen LogP contribution in [0.3, 0.4) is 0 Å². The molecular weight excluding hydrogens is 484 g/mol. The Hall–Kier alpha value is -1.13. The fraction of sp³-hybridized carbons (Fsp3) is 0.556. The summed E-state index contributed by atoms with van der Waals surface area (Å²) in [4.78, 5) is 23.5. The molecule has 0 amide bonds. The van der Waals surface area contributed by atoms with Crippen molar-refractivity contribution in [2.24, 2.45) is 0 Å².